The molecule has 6 rings (SSSR count). The quantitative estimate of drug-likeness (QED) is 0.0701. The third-order valence-corrected chi connectivity index (χ3v) is 10.6. The average molecular weight is 711 g/mol. The van der Waals surface area contributed by atoms with Crippen molar-refractivity contribution in [2.75, 3.05) is 25.4 Å². The van der Waals surface area contributed by atoms with Crippen molar-refractivity contribution in [2.45, 2.75) is 34.7 Å². The fraction of sp³-hybridized carbons (Fsp3) is 0.360. The summed E-state index contributed by atoms with van der Waals surface area (Å²) < 4.78 is 0. The lowest BCUT2D eigenvalue weighted by Gasteiger charge is -2.41. The van der Waals surface area contributed by atoms with Crippen LogP contribution in [0.25, 0.3) is 0 Å². The number of nitrogens with two attached hydrogens (primary N) is 1. The van der Waals surface area contributed by atoms with E-state index in [0.717, 1.165) is 45.1 Å². The Bertz CT molecular complexity index is 1780. The summed E-state index contributed by atoms with van der Waals surface area (Å²) in [5.41, 5.74) is 5.63. The molecule has 5 amide bonds. The van der Waals surface area contributed by atoms with Crippen molar-refractivity contribution >= 4 is 81.2 Å². The number of amides is 5. The van der Waals surface area contributed by atoms with Gasteiger partial charge in [0.15, 0.2) is 22.3 Å². The third kappa shape index (κ3) is 5.24. The number of anilines is 1. The lowest BCUT2D eigenvalue weighted by atomic mass is 10.1. The van der Waals surface area contributed by atoms with Gasteiger partial charge in [-0.15, -0.1) is 11.3 Å². The first kappa shape index (κ1) is 31.9. The highest BCUT2D eigenvalue weighted by atomic mass is 35.5. The molecule has 1 saturated carbocycles. The predicted molar refractivity (Wildman–Crippen MR) is 160 cm³/mol. The number of fused-ring (bicyclic) bond motifs is 1. The molecule has 0 bridgehead atoms. The van der Waals surface area contributed by atoms with Gasteiger partial charge in [-0.05, 0) is 12.1 Å². The molecule has 8 N–H and O–H groups in total. The minimum absolute atomic E-state index is 0.0395. The molecule has 3 saturated heterocycles. The lowest BCUT2D eigenvalue weighted by Crippen LogP contribution is -2.68. The van der Waals surface area contributed by atoms with Gasteiger partial charge in [-0.2, -0.15) is 0 Å². The van der Waals surface area contributed by atoms with E-state index < -0.39 is 86.4 Å². The number of hydrazine groups is 1. The maximum absolute atomic E-state index is 13.4. The van der Waals surface area contributed by atoms with E-state index in [1.807, 2.05) is 0 Å². The second-order valence-corrected chi connectivity index (χ2v) is 13.4. The van der Waals surface area contributed by atoms with Crippen molar-refractivity contribution in [2.24, 2.45) is 5.16 Å². The molecule has 4 heterocycles. The summed E-state index contributed by atoms with van der Waals surface area (Å²) in [5.74, 6) is -6.59. The first-order chi connectivity index (χ1) is 22.2. The van der Waals surface area contributed by atoms with Gasteiger partial charge < -0.3 is 41.2 Å². The molecule has 1 aliphatic carbocycles. The Morgan fingerprint density at radius 2 is 1.85 bits per heavy atom. The Morgan fingerprint density at radius 1 is 1.13 bits per heavy atom. The number of phenolic OH excluding ortho intramolecular Hbond substituents is 2. The van der Waals surface area contributed by atoms with E-state index >= 15 is 0 Å². The van der Waals surface area contributed by atoms with Gasteiger partial charge in [0.1, 0.15) is 17.1 Å². The molecule has 22 heteroatoms. The third-order valence-electron chi connectivity index (χ3n) is 7.87. The van der Waals surface area contributed by atoms with Gasteiger partial charge >= 0.3 is 18.0 Å². The Labute approximate surface area is 275 Å². The fourth-order valence-electron chi connectivity index (χ4n) is 5.10. The average Bonchev–Trinajstić information content (AvgIpc) is 3.36. The normalized spacial score (nSPS) is 24.4. The topological polar surface area (TPSA) is 278 Å². The molecule has 4 aliphatic rings. The summed E-state index contributed by atoms with van der Waals surface area (Å²) in [6, 6.07) is -0.0405. The summed E-state index contributed by atoms with van der Waals surface area (Å²) in [6.07, 6.45) is 0.326. The van der Waals surface area contributed by atoms with Crippen molar-refractivity contribution in [3.05, 3.63) is 33.8 Å². The van der Waals surface area contributed by atoms with E-state index in [4.69, 9.17) is 22.2 Å². The molecule has 1 aromatic heterocycles. The van der Waals surface area contributed by atoms with Crippen LogP contribution >= 0.6 is 34.7 Å². The number of aromatic nitrogens is 1. The Balaban J connectivity index is 1.17. The highest BCUT2D eigenvalue weighted by Gasteiger charge is 2.66. The van der Waals surface area contributed by atoms with Crippen LogP contribution in [0.1, 0.15) is 28.9 Å². The van der Waals surface area contributed by atoms with Crippen molar-refractivity contribution in [3.8, 4) is 11.5 Å². The van der Waals surface area contributed by atoms with E-state index in [1.54, 1.807) is 0 Å². The Kier molecular flexibility index (Phi) is 7.71. The van der Waals surface area contributed by atoms with Crippen molar-refractivity contribution in [1.82, 2.24) is 30.5 Å². The molecular formula is C25H23ClN8O11S2. The van der Waals surface area contributed by atoms with E-state index in [0.29, 0.717) is 0 Å². The van der Waals surface area contributed by atoms with Crippen LogP contribution in [-0.2, 0) is 24.0 Å². The Hall–Kier alpha value is -5.02. The number of nitrogens with one attached hydrogen (secondary N) is 2. The molecule has 2 aromatic rings. The number of carboxylic acids is 2. The number of benzene rings is 1. The van der Waals surface area contributed by atoms with Crippen LogP contribution in [0.5, 0.6) is 11.5 Å². The number of urea groups is 1. The number of hydrogen-bond acceptors (Lipinski definition) is 14. The number of halogens is 1. The molecule has 248 valence electrons. The smallest absolute Gasteiger partial charge is 0.350 e. The van der Waals surface area contributed by atoms with E-state index in [9.17, 15) is 49.2 Å². The number of carbonyl (C=O) groups is 6. The van der Waals surface area contributed by atoms with Crippen LogP contribution in [-0.4, -0.2) is 123 Å². The van der Waals surface area contributed by atoms with E-state index in [1.165, 1.54) is 10.3 Å². The van der Waals surface area contributed by atoms with Crippen LogP contribution in [0.3, 0.4) is 0 Å². The van der Waals surface area contributed by atoms with Gasteiger partial charge in [-0.25, -0.2) is 24.4 Å². The largest absolute Gasteiger partial charge is 0.504 e. The minimum Gasteiger partial charge on any atom is -0.504 e. The standard InChI is InChI=1S/C25H23ClN8O11S2/c26-12-9(1-2-11(35)15(12)36)16(37)30-34-6-5-33(23(34)44)25(21(42)43)8-32-18(39)14(19(32)47-25)29-17(38)13(10-7-46-22(27)28-10)31-45-24(3-4-24)20(40)41/h1-2,7,14,19,35-36H,3-6,8H2,(H2,27,28)(H,29,38)(H,30,37)(H,40,41)(H,42,43)/b31-13-/t14-,19-,25?/m1/s1. The van der Waals surface area contributed by atoms with Gasteiger partial charge in [0.05, 0.1) is 23.7 Å². The zero-order valence-electron chi connectivity index (χ0n) is 23.6. The second kappa shape index (κ2) is 11.3. The molecule has 1 aromatic carbocycles. The molecule has 3 atom stereocenters. The maximum atomic E-state index is 13.4. The molecule has 0 spiro atoms. The van der Waals surface area contributed by atoms with E-state index in [-0.39, 0.29) is 42.3 Å². The minimum atomic E-state index is -2.01. The molecule has 4 fully saturated rings. The zero-order chi connectivity index (χ0) is 34.0. The van der Waals surface area contributed by atoms with Crippen LogP contribution in [0, 0.1) is 0 Å². The Morgan fingerprint density at radius 3 is 2.47 bits per heavy atom. The maximum Gasteiger partial charge on any atom is 0.350 e. The van der Waals surface area contributed by atoms with Gasteiger partial charge in [0, 0.05) is 24.8 Å². The van der Waals surface area contributed by atoms with Crippen LogP contribution in [0.4, 0.5) is 9.93 Å². The molecular weight excluding hydrogens is 688 g/mol. The SMILES string of the molecule is Nc1nc(/C(=N/OC2(C(=O)O)CC2)C(=O)N[C@@H]2C(=O)N3CC(C(=O)O)(N4CCN(NC(=O)c5ccc(O)c(O)c5Cl)C4=O)S[C@H]23)cs1. The summed E-state index contributed by atoms with van der Waals surface area (Å²) >= 11 is 7.65. The number of aliphatic carboxylic acids is 2. The number of oxime groups is 1. The summed E-state index contributed by atoms with van der Waals surface area (Å²) in [4.78, 5) is 86.2. The number of nitrogen functional groups attached to an aromatic ring is 1. The number of thioether (sulfide) groups is 1. The van der Waals surface area contributed by atoms with Gasteiger partial charge in [0.2, 0.25) is 16.4 Å². The van der Waals surface area contributed by atoms with Crippen LogP contribution < -0.4 is 16.5 Å². The van der Waals surface area contributed by atoms with Crippen LogP contribution in [0.2, 0.25) is 5.02 Å². The van der Waals surface area contributed by atoms with E-state index in [2.05, 4.69) is 20.9 Å². The highest BCUT2D eigenvalue weighted by molar-refractivity contribution is 8.02. The second-order valence-electron chi connectivity index (χ2n) is 10.7. The number of carboxylic acid groups (broad SMARTS) is 2. The number of nitrogens with zero attached hydrogens (tertiary/aromatic N) is 5. The lowest BCUT2D eigenvalue weighted by molar-refractivity contribution is -0.153. The first-order valence-electron chi connectivity index (χ1n) is 13.5. The van der Waals surface area contributed by atoms with Crippen molar-refractivity contribution in [1.29, 1.82) is 0 Å². The zero-order valence-corrected chi connectivity index (χ0v) is 26.0. The fourth-order valence-corrected chi connectivity index (χ4v) is 7.53. The first-order valence-corrected chi connectivity index (χ1v) is 15.7. The summed E-state index contributed by atoms with van der Waals surface area (Å²) in [7, 11) is 0. The highest BCUT2D eigenvalue weighted by Crippen LogP contribution is 2.49. The number of hydrogen-bond donors (Lipinski definition) is 7. The number of aromatic hydroxyl groups is 2. The van der Waals surface area contributed by atoms with Gasteiger partial charge in [0.25, 0.3) is 11.8 Å². The molecule has 19 nitrogen and oxygen atoms in total. The number of phenols is 2. The number of rotatable bonds is 10. The van der Waals surface area contributed by atoms with Gasteiger partial charge in [-0.1, -0.05) is 28.5 Å². The van der Waals surface area contributed by atoms with Crippen molar-refractivity contribution < 1.29 is 54.0 Å². The van der Waals surface area contributed by atoms with Crippen LogP contribution in [0.15, 0.2) is 22.7 Å². The number of thiazole rings is 1. The number of carbonyl (C=O) groups excluding carboxylic acids is 4. The summed E-state index contributed by atoms with van der Waals surface area (Å²) in [6.45, 7) is -0.777. The molecule has 0 radical (unpaired) electrons. The van der Waals surface area contributed by atoms with Gasteiger partial charge in [-0.3, -0.25) is 24.7 Å². The molecule has 1 unspecified atom stereocenters. The summed E-state index contributed by atoms with van der Waals surface area (Å²) in [5, 5.41) is 46.2. The monoisotopic (exact) mass is 710 g/mol. The predicted octanol–water partition coefficient (Wildman–Crippen LogP) is -0.609. The van der Waals surface area contributed by atoms with Crippen molar-refractivity contribution in [3.63, 3.8) is 0 Å². The molecule has 47 heavy (non-hydrogen) atoms. The molecule has 3 aliphatic heterocycles. The number of β-lactam (4-membered cyclic amide) rings is 1.